The van der Waals surface area contributed by atoms with Crippen molar-refractivity contribution in [2.45, 2.75) is 58.0 Å². The molecule has 2 nitrogen and oxygen atoms in total. The lowest BCUT2D eigenvalue weighted by Crippen LogP contribution is -2.25. The Balaban J connectivity index is 1.91. The number of fused-ring (bicyclic) bond motifs is 1. The fourth-order valence-corrected chi connectivity index (χ4v) is 3.88. The number of phenols is 1. The van der Waals surface area contributed by atoms with Gasteiger partial charge >= 0.3 is 0 Å². The van der Waals surface area contributed by atoms with Crippen molar-refractivity contribution in [3.05, 3.63) is 77.9 Å². The van der Waals surface area contributed by atoms with Gasteiger partial charge in [-0.2, -0.15) is 0 Å². The van der Waals surface area contributed by atoms with Crippen LogP contribution in [0.2, 0.25) is 0 Å². The highest BCUT2D eigenvalue weighted by Crippen LogP contribution is 2.36. The number of aromatic hydroxyl groups is 1. The van der Waals surface area contributed by atoms with Crippen molar-refractivity contribution >= 4 is 10.8 Å². The topological polar surface area (TPSA) is 32.3 Å². The van der Waals surface area contributed by atoms with Gasteiger partial charge in [0.05, 0.1) is 0 Å². The molecule has 1 unspecified atom stereocenters. The molecule has 0 fully saturated rings. The first-order valence-electron chi connectivity index (χ1n) is 10.2. The summed E-state index contributed by atoms with van der Waals surface area (Å²) >= 11 is 0. The predicted molar refractivity (Wildman–Crippen MR) is 115 cm³/mol. The number of unbranched alkanes of at least 4 members (excludes halogenated alkanes) is 3. The maximum absolute atomic E-state index is 10.7. The molecule has 2 N–H and O–H groups in total. The van der Waals surface area contributed by atoms with Gasteiger partial charge in [-0.1, -0.05) is 93.3 Å². The third kappa shape index (κ3) is 4.90. The Morgan fingerprint density at radius 1 is 0.852 bits per heavy atom. The van der Waals surface area contributed by atoms with Gasteiger partial charge in [-0.3, -0.25) is 0 Å². The molecule has 0 heterocycles. The SMILES string of the molecule is CCCCCCC(N[C@H](C)c1ccccc1)c1c(O)ccc2ccccc12. The molecule has 0 aliphatic carbocycles. The molecule has 0 saturated carbocycles. The first-order valence-corrected chi connectivity index (χ1v) is 10.2. The van der Waals surface area contributed by atoms with Crippen LogP contribution < -0.4 is 5.32 Å². The van der Waals surface area contributed by atoms with Gasteiger partial charge in [-0.05, 0) is 35.7 Å². The molecule has 0 saturated heterocycles. The molecule has 0 spiro atoms. The summed E-state index contributed by atoms with van der Waals surface area (Å²) in [7, 11) is 0. The van der Waals surface area contributed by atoms with E-state index in [0.29, 0.717) is 5.75 Å². The van der Waals surface area contributed by atoms with E-state index in [-0.39, 0.29) is 12.1 Å². The molecular formula is C25H31NO. The van der Waals surface area contributed by atoms with Gasteiger partial charge in [-0.25, -0.2) is 0 Å². The van der Waals surface area contributed by atoms with Crippen LogP contribution in [0.1, 0.15) is 69.2 Å². The number of rotatable bonds is 9. The third-order valence-corrected chi connectivity index (χ3v) is 5.39. The minimum absolute atomic E-state index is 0.128. The average Bonchev–Trinajstić information content (AvgIpc) is 2.71. The van der Waals surface area contributed by atoms with Crippen molar-refractivity contribution in [1.82, 2.24) is 5.32 Å². The van der Waals surface area contributed by atoms with Crippen LogP contribution in [0.3, 0.4) is 0 Å². The summed E-state index contributed by atoms with van der Waals surface area (Å²) in [5, 5.41) is 16.8. The summed E-state index contributed by atoms with van der Waals surface area (Å²) in [5.41, 5.74) is 2.31. The van der Waals surface area contributed by atoms with Crippen LogP contribution in [0.25, 0.3) is 10.8 Å². The van der Waals surface area contributed by atoms with Crippen molar-refractivity contribution in [2.24, 2.45) is 0 Å². The standard InChI is InChI=1S/C25H31NO/c1-3-4-5-9-16-23(26-19(2)20-12-7-6-8-13-20)25-22-15-11-10-14-21(22)17-18-24(25)27/h6-8,10-15,17-19,23,26-27H,3-5,9,16H2,1-2H3/t19-,23?/m1/s1. The molecule has 142 valence electrons. The molecule has 0 aliphatic rings. The second-order valence-electron chi connectivity index (χ2n) is 7.42. The van der Waals surface area contributed by atoms with Crippen LogP contribution in [0.5, 0.6) is 5.75 Å². The minimum atomic E-state index is 0.128. The fraction of sp³-hybridized carbons (Fsp3) is 0.360. The normalized spacial score (nSPS) is 13.6. The molecule has 0 amide bonds. The third-order valence-electron chi connectivity index (χ3n) is 5.39. The second-order valence-corrected chi connectivity index (χ2v) is 7.42. The molecule has 27 heavy (non-hydrogen) atoms. The van der Waals surface area contributed by atoms with Crippen molar-refractivity contribution < 1.29 is 5.11 Å². The Hall–Kier alpha value is -2.32. The lowest BCUT2D eigenvalue weighted by atomic mass is 9.92. The van der Waals surface area contributed by atoms with E-state index in [1.165, 1.54) is 30.2 Å². The van der Waals surface area contributed by atoms with Crippen molar-refractivity contribution in [3.63, 3.8) is 0 Å². The molecule has 3 rings (SSSR count). The van der Waals surface area contributed by atoms with Gasteiger partial charge in [-0.15, -0.1) is 0 Å². The molecular weight excluding hydrogens is 330 g/mol. The van der Waals surface area contributed by atoms with E-state index in [1.807, 2.05) is 12.1 Å². The average molecular weight is 362 g/mol. The maximum Gasteiger partial charge on any atom is 0.120 e. The number of hydrogen-bond donors (Lipinski definition) is 2. The van der Waals surface area contributed by atoms with Crippen LogP contribution in [0.15, 0.2) is 66.7 Å². The van der Waals surface area contributed by atoms with Gasteiger partial charge in [0, 0.05) is 17.6 Å². The maximum atomic E-state index is 10.7. The smallest absolute Gasteiger partial charge is 0.120 e. The van der Waals surface area contributed by atoms with Crippen LogP contribution in [-0.2, 0) is 0 Å². The van der Waals surface area contributed by atoms with Crippen LogP contribution in [0, 0.1) is 0 Å². The van der Waals surface area contributed by atoms with Crippen LogP contribution in [0.4, 0.5) is 0 Å². The van der Waals surface area contributed by atoms with Gasteiger partial charge in [0.2, 0.25) is 0 Å². The van der Waals surface area contributed by atoms with E-state index in [4.69, 9.17) is 0 Å². The lowest BCUT2D eigenvalue weighted by molar-refractivity contribution is 0.403. The fourth-order valence-electron chi connectivity index (χ4n) is 3.88. The number of nitrogens with one attached hydrogen (secondary N) is 1. The quantitative estimate of drug-likeness (QED) is 0.406. The zero-order valence-electron chi connectivity index (χ0n) is 16.5. The molecule has 2 heteroatoms. The Kier molecular flexibility index (Phi) is 6.89. The van der Waals surface area contributed by atoms with Crippen LogP contribution >= 0.6 is 0 Å². The van der Waals surface area contributed by atoms with Crippen molar-refractivity contribution in [2.75, 3.05) is 0 Å². The first kappa shape index (κ1) is 19.4. The highest BCUT2D eigenvalue weighted by Gasteiger charge is 2.20. The predicted octanol–water partition coefficient (Wildman–Crippen LogP) is 6.91. The Bertz CT molecular complexity index is 843. The summed E-state index contributed by atoms with van der Waals surface area (Å²) in [6.07, 6.45) is 5.93. The Morgan fingerprint density at radius 2 is 1.59 bits per heavy atom. The molecule has 0 aromatic heterocycles. The summed E-state index contributed by atoms with van der Waals surface area (Å²) in [5.74, 6) is 0.391. The van der Waals surface area contributed by atoms with Crippen molar-refractivity contribution in [1.29, 1.82) is 0 Å². The minimum Gasteiger partial charge on any atom is -0.508 e. The summed E-state index contributed by atoms with van der Waals surface area (Å²) < 4.78 is 0. The second kappa shape index (κ2) is 9.57. The molecule has 2 atom stereocenters. The van der Waals surface area contributed by atoms with E-state index in [0.717, 1.165) is 23.8 Å². The molecule has 0 radical (unpaired) electrons. The molecule has 0 aliphatic heterocycles. The van der Waals surface area contributed by atoms with Gasteiger partial charge in [0.1, 0.15) is 5.75 Å². The molecule has 3 aromatic rings. The largest absolute Gasteiger partial charge is 0.508 e. The zero-order valence-corrected chi connectivity index (χ0v) is 16.5. The molecule has 0 bridgehead atoms. The highest BCUT2D eigenvalue weighted by atomic mass is 16.3. The van der Waals surface area contributed by atoms with Gasteiger partial charge in [0.15, 0.2) is 0 Å². The van der Waals surface area contributed by atoms with E-state index >= 15 is 0 Å². The Labute approximate surface area is 163 Å². The highest BCUT2D eigenvalue weighted by molar-refractivity contribution is 5.88. The molecule has 3 aromatic carbocycles. The Morgan fingerprint density at radius 3 is 2.37 bits per heavy atom. The monoisotopic (exact) mass is 361 g/mol. The summed E-state index contributed by atoms with van der Waals surface area (Å²) in [4.78, 5) is 0. The van der Waals surface area contributed by atoms with E-state index < -0.39 is 0 Å². The van der Waals surface area contributed by atoms with Crippen molar-refractivity contribution in [3.8, 4) is 5.75 Å². The van der Waals surface area contributed by atoms with E-state index in [9.17, 15) is 5.11 Å². The van der Waals surface area contributed by atoms with Gasteiger partial charge < -0.3 is 10.4 Å². The number of benzene rings is 3. The van der Waals surface area contributed by atoms with E-state index in [2.05, 4.69) is 73.8 Å². The zero-order chi connectivity index (χ0) is 19.1. The number of hydrogen-bond acceptors (Lipinski definition) is 2. The van der Waals surface area contributed by atoms with Crippen LogP contribution in [-0.4, -0.2) is 5.11 Å². The van der Waals surface area contributed by atoms with Gasteiger partial charge in [0.25, 0.3) is 0 Å². The number of phenolic OH excluding ortho intramolecular Hbond substituents is 1. The summed E-state index contributed by atoms with van der Waals surface area (Å²) in [6.45, 7) is 4.44. The van der Waals surface area contributed by atoms with E-state index in [1.54, 1.807) is 0 Å². The lowest BCUT2D eigenvalue weighted by Gasteiger charge is -2.26. The summed E-state index contributed by atoms with van der Waals surface area (Å²) in [6, 6.07) is 23.1. The first-order chi connectivity index (χ1) is 13.2.